The summed E-state index contributed by atoms with van der Waals surface area (Å²) in [5, 5.41) is 2.70. The van der Waals surface area contributed by atoms with Gasteiger partial charge in [-0.15, -0.1) is 0 Å². The Kier molecular flexibility index (Phi) is 6.12. The van der Waals surface area contributed by atoms with E-state index in [4.69, 9.17) is 5.73 Å². The Labute approximate surface area is 109 Å². The van der Waals surface area contributed by atoms with Gasteiger partial charge in [-0.1, -0.05) is 6.42 Å². The van der Waals surface area contributed by atoms with Crippen LogP contribution in [-0.2, 0) is 9.59 Å². The fourth-order valence-electron chi connectivity index (χ4n) is 2.59. The first-order valence-corrected chi connectivity index (χ1v) is 6.80. The number of nitrogens with two attached hydrogens (primary N) is 1. The van der Waals surface area contributed by atoms with Crippen LogP contribution in [0.15, 0.2) is 0 Å². The van der Waals surface area contributed by atoms with Gasteiger partial charge in [-0.2, -0.15) is 0 Å². The zero-order valence-electron chi connectivity index (χ0n) is 11.4. The highest BCUT2D eigenvalue weighted by molar-refractivity contribution is 5.85. The molecule has 0 aromatic carbocycles. The summed E-state index contributed by atoms with van der Waals surface area (Å²) in [7, 11) is 1.70. The van der Waals surface area contributed by atoms with Crippen molar-refractivity contribution in [3.63, 3.8) is 0 Å². The quantitative estimate of drug-likeness (QED) is 0.744. The summed E-state index contributed by atoms with van der Waals surface area (Å²) in [5.74, 6) is 0.497. The summed E-state index contributed by atoms with van der Waals surface area (Å²) < 4.78 is 0. The average molecular weight is 255 g/mol. The Morgan fingerprint density at radius 1 is 1.39 bits per heavy atom. The van der Waals surface area contributed by atoms with E-state index in [1.165, 1.54) is 4.90 Å². The SMILES string of the molecule is CCNC(=O)CN(C)C(=O)C1CCCC(CN)C1. The molecule has 2 amide bonds. The van der Waals surface area contributed by atoms with Gasteiger partial charge in [0.25, 0.3) is 0 Å². The van der Waals surface area contributed by atoms with Crippen LogP contribution in [0.25, 0.3) is 0 Å². The van der Waals surface area contributed by atoms with Crippen molar-refractivity contribution >= 4 is 11.8 Å². The fourth-order valence-corrected chi connectivity index (χ4v) is 2.59. The standard InChI is InChI=1S/C13H25N3O2/c1-3-15-12(17)9-16(2)13(18)11-6-4-5-10(7-11)8-14/h10-11H,3-9,14H2,1-2H3,(H,15,17). The molecule has 0 aromatic rings. The fraction of sp³-hybridized carbons (Fsp3) is 0.846. The lowest BCUT2D eigenvalue weighted by atomic mass is 9.81. The third kappa shape index (κ3) is 4.29. The van der Waals surface area contributed by atoms with Crippen LogP contribution in [0.3, 0.4) is 0 Å². The van der Waals surface area contributed by atoms with Gasteiger partial charge in [0.15, 0.2) is 0 Å². The van der Waals surface area contributed by atoms with E-state index in [-0.39, 0.29) is 24.3 Å². The molecule has 0 bridgehead atoms. The number of amides is 2. The Balaban J connectivity index is 2.44. The van der Waals surface area contributed by atoms with E-state index in [0.717, 1.165) is 25.7 Å². The van der Waals surface area contributed by atoms with Crippen molar-refractivity contribution in [1.29, 1.82) is 0 Å². The lowest BCUT2D eigenvalue weighted by Crippen LogP contribution is -2.42. The smallest absolute Gasteiger partial charge is 0.239 e. The zero-order valence-corrected chi connectivity index (χ0v) is 11.4. The van der Waals surface area contributed by atoms with Crippen LogP contribution < -0.4 is 11.1 Å². The van der Waals surface area contributed by atoms with E-state index in [2.05, 4.69) is 5.32 Å². The van der Waals surface area contributed by atoms with E-state index >= 15 is 0 Å². The molecule has 0 aromatic heterocycles. The highest BCUT2D eigenvalue weighted by atomic mass is 16.2. The molecule has 0 aliphatic heterocycles. The maximum Gasteiger partial charge on any atom is 0.239 e. The Hall–Kier alpha value is -1.10. The lowest BCUT2D eigenvalue weighted by Gasteiger charge is -2.30. The Morgan fingerprint density at radius 2 is 2.11 bits per heavy atom. The molecule has 3 N–H and O–H groups in total. The normalized spacial score (nSPS) is 23.5. The van der Waals surface area contributed by atoms with Crippen LogP contribution in [0, 0.1) is 11.8 Å². The third-order valence-corrected chi connectivity index (χ3v) is 3.60. The van der Waals surface area contributed by atoms with Crippen LogP contribution in [0.4, 0.5) is 0 Å². The number of carbonyl (C=O) groups is 2. The van der Waals surface area contributed by atoms with Gasteiger partial charge in [0.2, 0.25) is 11.8 Å². The van der Waals surface area contributed by atoms with Crippen LogP contribution in [0.2, 0.25) is 0 Å². The predicted molar refractivity (Wildman–Crippen MR) is 70.8 cm³/mol. The molecule has 2 atom stereocenters. The van der Waals surface area contributed by atoms with Crippen molar-refractivity contribution in [2.75, 3.05) is 26.7 Å². The van der Waals surface area contributed by atoms with Crippen LogP contribution in [0.1, 0.15) is 32.6 Å². The minimum Gasteiger partial charge on any atom is -0.355 e. The van der Waals surface area contributed by atoms with Gasteiger partial charge < -0.3 is 16.0 Å². The Bertz CT molecular complexity index is 294. The molecule has 1 fully saturated rings. The maximum absolute atomic E-state index is 12.2. The van der Waals surface area contributed by atoms with E-state index in [1.54, 1.807) is 7.05 Å². The number of rotatable bonds is 5. The van der Waals surface area contributed by atoms with Gasteiger partial charge >= 0.3 is 0 Å². The minimum atomic E-state index is -0.0977. The first-order valence-electron chi connectivity index (χ1n) is 6.80. The molecular weight excluding hydrogens is 230 g/mol. The van der Waals surface area contributed by atoms with Crippen LogP contribution in [-0.4, -0.2) is 43.4 Å². The van der Waals surface area contributed by atoms with Crippen LogP contribution in [0.5, 0.6) is 0 Å². The molecular formula is C13H25N3O2. The van der Waals surface area contributed by atoms with Crippen molar-refractivity contribution in [1.82, 2.24) is 10.2 Å². The molecule has 2 unspecified atom stereocenters. The number of nitrogens with one attached hydrogen (secondary N) is 1. The number of nitrogens with zero attached hydrogens (tertiary/aromatic N) is 1. The van der Waals surface area contributed by atoms with Gasteiger partial charge in [0.05, 0.1) is 6.54 Å². The molecule has 0 saturated heterocycles. The highest BCUT2D eigenvalue weighted by Crippen LogP contribution is 2.29. The average Bonchev–Trinajstić information content (AvgIpc) is 2.38. The molecule has 1 aliphatic rings. The van der Waals surface area contributed by atoms with E-state index < -0.39 is 0 Å². The van der Waals surface area contributed by atoms with E-state index in [9.17, 15) is 9.59 Å². The second-order valence-corrected chi connectivity index (χ2v) is 5.11. The third-order valence-electron chi connectivity index (χ3n) is 3.60. The van der Waals surface area contributed by atoms with E-state index in [0.29, 0.717) is 19.0 Å². The summed E-state index contributed by atoms with van der Waals surface area (Å²) in [6, 6.07) is 0. The number of carbonyl (C=O) groups excluding carboxylic acids is 2. The number of likely N-dealkylation sites (N-methyl/N-ethyl adjacent to an activating group) is 2. The maximum atomic E-state index is 12.2. The molecule has 1 aliphatic carbocycles. The van der Waals surface area contributed by atoms with Crippen LogP contribution >= 0.6 is 0 Å². The zero-order chi connectivity index (χ0) is 13.5. The summed E-state index contributed by atoms with van der Waals surface area (Å²) in [5.41, 5.74) is 5.67. The molecule has 104 valence electrons. The summed E-state index contributed by atoms with van der Waals surface area (Å²) in [4.78, 5) is 25.2. The molecule has 18 heavy (non-hydrogen) atoms. The highest BCUT2D eigenvalue weighted by Gasteiger charge is 2.28. The monoisotopic (exact) mass is 255 g/mol. The van der Waals surface area contributed by atoms with Gasteiger partial charge in [-0.25, -0.2) is 0 Å². The first-order chi connectivity index (χ1) is 8.58. The van der Waals surface area contributed by atoms with Crippen molar-refractivity contribution in [3.8, 4) is 0 Å². The number of hydrogen-bond donors (Lipinski definition) is 2. The van der Waals surface area contributed by atoms with Crippen molar-refractivity contribution in [3.05, 3.63) is 0 Å². The minimum absolute atomic E-state index is 0.0479. The van der Waals surface area contributed by atoms with Gasteiger partial charge in [-0.05, 0) is 38.6 Å². The van der Waals surface area contributed by atoms with Gasteiger partial charge in [0, 0.05) is 19.5 Å². The van der Waals surface area contributed by atoms with Crippen molar-refractivity contribution < 1.29 is 9.59 Å². The molecule has 5 heteroatoms. The number of hydrogen-bond acceptors (Lipinski definition) is 3. The van der Waals surface area contributed by atoms with Crippen molar-refractivity contribution in [2.24, 2.45) is 17.6 Å². The Morgan fingerprint density at radius 3 is 2.72 bits per heavy atom. The second kappa shape index (κ2) is 7.36. The molecule has 0 radical (unpaired) electrons. The summed E-state index contributed by atoms with van der Waals surface area (Å²) >= 11 is 0. The molecule has 1 saturated carbocycles. The van der Waals surface area contributed by atoms with Gasteiger partial charge in [-0.3, -0.25) is 9.59 Å². The second-order valence-electron chi connectivity index (χ2n) is 5.11. The van der Waals surface area contributed by atoms with Crippen molar-refractivity contribution in [2.45, 2.75) is 32.6 Å². The lowest BCUT2D eigenvalue weighted by molar-refractivity contribution is -0.139. The molecule has 1 rings (SSSR count). The largest absolute Gasteiger partial charge is 0.355 e. The molecule has 5 nitrogen and oxygen atoms in total. The molecule has 0 heterocycles. The predicted octanol–water partition coefficient (Wildman–Crippen LogP) is 0.346. The topological polar surface area (TPSA) is 75.4 Å². The first kappa shape index (κ1) is 15.0. The summed E-state index contributed by atoms with van der Waals surface area (Å²) in [6.45, 7) is 3.27. The molecule has 0 spiro atoms. The van der Waals surface area contributed by atoms with E-state index in [1.807, 2.05) is 6.92 Å². The summed E-state index contributed by atoms with van der Waals surface area (Å²) in [6.07, 6.45) is 3.98. The van der Waals surface area contributed by atoms with Gasteiger partial charge in [0.1, 0.15) is 0 Å².